The third kappa shape index (κ3) is 4.10. The lowest BCUT2D eigenvalue weighted by atomic mass is 10.1. The van der Waals surface area contributed by atoms with Crippen molar-refractivity contribution < 1.29 is 17.7 Å². The Bertz CT molecular complexity index is 1120. The van der Waals surface area contributed by atoms with Crippen LogP contribution in [0.1, 0.15) is 17.3 Å². The van der Waals surface area contributed by atoms with Crippen molar-refractivity contribution in [3.05, 3.63) is 72.1 Å². The quantitative estimate of drug-likeness (QED) is 0.585. The molecule has 1 amide bonds. The lowest BCUT2D eigenvalue weighted by molar-refractivity contribution is -0.139. The maximum atomic E-state index is 13.3. The molecule has 1 unspecified atom stereocenters. The van der Waals surface area contributed by atoms with E-state index in [2.05, 4.69) is 15.1 Å². The van der Waals surface area contributed by atoms with E-state index < -0.39 is 16.1 Å². The van der Waals surface area contributed by atoms with Gasteiger partial charge in [-0.05, 0) is 24.6 Å². The molecule has 3 aromatic rings. The summed E-state index contributed by atoms with van der Waals surface area (Å²) in [7, 11) is -3.92. The molecule has 156 valence electrons. The highest BCUT2D eigenvalue weighted by atomic mass is 32.2. The van der Waals surface area contributed by atoms with Gasteiger partial charge in [0.1, 0.15) is 10.9 Å². The summed E-state index contributed by atoms with van der Waals surface area (Å²) in [5.41, 5.74) is 0.974. The van der Waals surface area contributed by atoms with Crippen LogP contribution in [0.2, 0.25) is 0 Å². The van der Waals surface area contributed by atoms with Crippen LogP contribution < -0.4 is 0 Å². The van der Waals surface area contributed by atoms with Crippen molar-refractivity contribution in [3.63, 3.8) is 0 Å². The predicted octanol–water partition coefficient (Wildman–Crippen LogP) is 1.42. The standard InChI is InChI=1S/C20H21N5O4S/c1-15-22-19(29-23-15)12-18-20(26)24(14-16-6-3-2-4-7-16)10-11-25(18)30(27,28)17-8-5-9-21-13-17/h2-9,13,18H,10-12,14H2,1H3. The van der Waals surface area contributed by atoms with Gasteiger partial charge >= 0.3 is 0 Å². The summed E-state index contributed by atoms with van der Waals surface area (Å²) in [6, 6.07) is 11.6. The largest absolute Gasteiger partial charge is 0.339 e. The van der Waals surface area contributed by atoms with Crippen LogP contribution in [0.3, 0.4) is 0 Å². The highest BCUT2D eigenvalue weighted by Crippen LogP contribution is 2.25. The fraction of sp³-hybridized carbons (Fsp3) is 0.300. The molecule has 3 heterocycles. The molecule has 1 saturated heterocycles. The molecule has 0 spiro atoms. The van der Waals surface area contributed by atoms with E-state index in [4.69, 9.17) is 4.52 Å². The second kappa shape index (κ2) is 8.33. The minimum Gasteiger partial charge on any atom is -0.339 e. The van der Waals surface area contributed by atoms with E-state index in [-0.39, 0.29) is 36.2 Å². The molecule has 4 rings (SSSR count). The molecule has 0 N–H and O–H groups in total. The molecule has 30 heavy (non-hydrogen) atoms. The minimum atomic E-state index is -3.92. The van der Waals surface area contributed by atoms with Gasteiger partial charge in [-0.25, -0.2) is 8.42 Å². The zero-order valence-corrected chi connectivity index (χ0v) is 17.2. The van der Waals surface area contributed by atoms with Gasteiger partial charge < -0.3 is 9.42 Å². The Hall–Kier alpha value is -3.11. The average molecular weight is 427 g/mol. The van der Waals surface area contributed by atoms with Gasteiger partial charge in [-0.15, -0.1) is 0 Å². The first-order chi connectivity index (χ1) is 14.4. The van der Waals surface area contributed by atoms with E-state index >= 15 is 0 Å². The molecule has 0 bridgehead atoms. The fourth-order valence-corrected chi connectivity index (χ4v) is 5.02. The van der Waals surface area contributed by atoms with E-state index in [1.165, 1.54) is 22.8 Å². The molecule has 2 aromatic heterocycles. The third-order valence-corrected chi connectivity index (χ3v) is 6.82. The first kappa shape index (κ1) is 20.2. The minimum absolute atomic E-state index is 0.00442. The Balaban J connectivity index is 1.65. The summed E-state index contributed by atoms with van der Waals surface area (Å²) >= 11 is 0. The molecule has 1 fully saturated rings. The molecule has 0 radical (unpaired) electrons. The van der Waals surface area contributed by atoms with Crippen molar-refractivity contribution in [3.8, 4) is 0 Å². The number of nitrogens with zero attached hydrogens (tertiary/aromatic N) is 5. The smallest absolute Gasteiger partial charge is 0.245 e. The molecule has 9 nitrogen and oxygen atoms in total. The van der Waals surface area contributed by atoms with Crippen molar-refractivity contribution in [2.45, 2.75) is 30.8 Å². The zero-order chi connectivity index (χ0) is 21.1. The molecule has 1 aliphatic rings. The number of benzene rings is 1. The average Bonchev–Trinajstić information content (AvgIpc) is 3.17. The summed E-state index contributed by atoms with van der Waals surface area (Å²) in [5, 5.41) is 3.75. The predicted molar refractivity (Wildman–Crippen MR) is 107 cm³/mol. The first-order valence-corrected chi connectivity index (χ1v) is 10.9. The Morgan fingerprint density at radius 2 is 1.93 bits per heavy atom. The fourth-order valence-electron chi connectivity index (χ4n) is 3.48. The summed E-state index contributed by atoms with van der Waals surface area (Å²) < 4.78 is 32.9. The Labute approximate surface area is 174 Å². The molecule has 1 aliphatic heterocycles. The lowest BCUT2D eigenvalue weighted by Crippen LogP contribution is -2.59. The Morgan fingerprint density at radius 1 is 1.13 bits per heavy atom. The van der Waals surface area contributed by atoms with E-state index in [0.29, 0.717) is 12.4 Å². The Morgan fingerprint density at radius 3 is 2.60 bits per heavy atom. The van der Waals surface area contributed by atoms with Gasteiger partial charge in [0.25, 0.3) is 0 Å². The van der Waals surface area contributed by atoms with Crippen molar-refractivity contribution in [2.75, 3.05) is 13.1 Å². The maximum Gasteiger partial charge on any atom is 0.245 e. The van der Waals surface area contributed by atoms with Crippen molar-refractivity contribution in [1.29, 1.82) is 0 Å². The van der Waals surface area contributed by atoms with Crippen LogP contribution in [-0.2, 0) is 27.8 Å². The SMILES string of the molecule is Cc1noc(CC2C(=O)N(Cc3ccccc3)CCN2S(=O)(=O)c2cccnc2)n1. The molecular formula is C20H21N5O4S. The van der Waals surface area contributed by atoms with E-state index in [1.807, 2.05) is 30.3 Å². The van der Waals surface area contributed by atoms with E-state index in [9.17, 15) is 13.2 Å². The number of piperazine rings is 1. The van der Waals surface area contributed by atoms with Gasteiger partial charge in [0.15, 0.2) is 5.82 Å². The van der Waals surface area contributed by atoms with Crippen LogP contribution in [-0.4, -0.2) is 57.8 Å². The summed E-state index contributed by atoms with van der Waals surface area (Å²) in [5.74, 6) is 0.350. The van der Waals surface area contributed by atoms with Gasteiger partial charge in [-0.2, -0.15) is 9.29 Å². The van der Waals surface area contributed by atoms with Gasteiger partial charge in [-0.3, -0.25) is 9.78 Å². The summed E-state index contributed by atoms with van der Waals surface area (Å²) in [6.45, 7) is 2.52. The van der Waals surface area contributed by atoms with Crippen molar-refractivity contribution >= 4 is 15.9 Å². The number of pyridine rings is 1. The van der Waals surface area contributed by atoms with Gasteiger partial charge in [0.2, 0.25) is 21.8 Å². The van der Waals surface area contributed by atoms with Gasteiger partial charge in [0, 0.05) is 32.0 Å². The number of aromatic nitrogens is 3. The number of sulfonamides is 1. The van der Waals surface area contributed by atoms with Gasteiger partial charge in [-0.1, -0.05) is 35.5 Å². The second-order valence-electron chi connectivity index (χ2n) is 7.01. The number of hydrogen-bond donors (Lipinski definition) is 0. The van der Waals surface area contributed by atoms with Crippen LogP contribution >= 0.6 is 0 Å². The van der Waals surface area contributed by atoms with E-state index in [1.54, 1.807) is 17.9 Å². The highest BCUT2D eigenvalue weighted by molar-refractivity contribution is 7.89. The first-order valence-electron chi connectivity index (χ1n) is 9.49. The summed E-state index contributed by atoms with van der Waals surface area (Å²) in [6.07, 6.45) is 2.79. The van der Waals surface area contributed by atoms with Crippen LogP contribution in [0.15, 0.2) is 64.3 Å². The van der Waals surface area contributed by atoms with Crippen LogP contribution in [0.4, 0.5) is 0 Å². The molecular weight excluding hydrogens is 406 g/mol. The van der Waals surface area contributed by atoms with Gasteiger partial charge in [0.05, 0.1) is 6.42 Å². The summed E-state index contributed by atoms with van der Waals surface area (Å²) in [4.78, 5) is 23.1. The normalized spacial score (nSPS) is 18.0. The van der Waals surface area contributed by atoms with Crippen LogP contribution in [0, 0.1) is 6.92 Å². The van der Waals surface area contributed by atoms with Crippen LogP contribution in [0.25, 0.3) is 0 Å². The molecule has 0 aliphatic carbocycles. The van der Waals surface area contributed by atoms with Crippen LogP contribution in [0.5, 0.6) is 0 Å². The highest BCUT2D eigenvalue weighted by Gasteiger charge is 2.42. The number of carbonyl (C=O) groups is 1. The van der Waals surface area contributed by atoms with Crippen molar-refractivity contribution in [2.24, 2.45) is 0 Å². The maximum absolute atomic E-state index is 13.3. The number of hydrogen-bond acceptors (Lipinski definition) is 7. The number of aryl methyl sites for hydroxylation is 1. The number of carbonyl (C=O) groups excluding carboxylic acids is 1. The third-order valence-electron chi connectivity index (χ3n) is 4.93. The molecule has 10 heteroatoms. The van der Waals surface area contributed by atoms with Crippen molar-refractivity contribution in [1.82, 2.24) is 24.3 Å². The Kier molecular flexibility index (Phi) is 5.60. The van der Waals surface area contributed by atoms with E-state index in [0.717, 1.165) is 5.56 Å². The molecule has 1 atom stereocenters. The topological polar surface area (TPSA) is 110 Å². The monoisotopic (exact) mass is 427 g/mol. The number of rotatable bonds is 6. The molecule has 0 saturated carbocycles. The zero-order valence-electron chi connectivity index (χ0n) is 16.4. The number of amides is 1. The second-order valence-corrected chi connectivity index (χ2v) is 8.90. The molecule has 1 aromatic carbocycles. The lowest BCUT2D eigenvalue weighted by Gasteiger charge is -2.39.